The minimum absolute atomic E-state index is 0.0166. The van der Waals surface area contributed by atoms with Gasteiger partial charge in [0.1, 0.15) is 24.2 Å². The summed E-state index contributed by atoms with van der Waals surface area (Å²) in [5.74, 6) is 2.03. The number of aromatic nitrogens is 1. The first-order valence-corrected chi connectivity index (χ1v) is 11.2. The number of carbonyl (C=O) groups excluding carboxylic acids is 1. The Kier molecular flexibility index (Phi) is 5.68. The highest BCUT2D eigenvalue weighted by Gasteiger charge is 2.33. The molecule has 164 valence electrons. The van der Waals surface area contributed by atoms with Gasteiger partial charge in [-0.3, -0.25) is 9.78 Å². The Bertz CT molecular complexity index is 944. The summed E-state index contributed by atoms with van der Waals surface area (Å²) in [4.78, 5) is 21.3. The van der Waals surface area contributed by atoms with Crippen LogP contribution in [0.2, 0.25) is 0 Å². The lowest BCUT2D eigenvalue weighted by atomic mass is 9.99. The van der Waals surface area contributed by atoms with Gasteiger partial charge >= 0.3 is 0 Å². The smallest absolute Gasteiger partial charge is 0.225 e. The zero-order valence-corrected chi connectivity index (χ0v) is 18.0. The first kappa shape index (κ1) is 20.1. The van der Waals surface area contributed by atoms with E-state index in [0.29, 0.717) is 26.4 Å². The summed E-state index contributed by atoms with van der Waals surface area (Å²) in [6, 6.07) is 10.1. The molecule has 0 spiro atoms. The van der Waals surface area contributed by atoms with E-state index in [4.69, 9.17) is 14.2 Å². The molecule has 2 saturated heterocycles. The fourth-order valence-electron chi connectivity index (χ4n) is 4.66. The van der Waals surface area contributed by atoms with Gasteiger partial charge in [-0.15, -0.1) is 0 Å². The van der Waals surface area contributed by atoms with Crippen LogP contribution in [0.5, 0.6) is 11.5 Å². The van der Waals surface area contributed by atoms with Gasteiger partial charge in [-0.2, -0.15) is 0 Å². The number of anilines is 2. The maximum atomic E-state index is 12.8. The lowest BCUT2D eigenvalue weighted by Crippen LogP contribution is -2.38. The molecule has 0 N–H and O–H groups in total. The van der Waals surface area contributed by atoms with Crippen molar-refractivity contribution in [3.8, 4) is 11.5 Å². The van der Waals surface area contributed by atoms with Crippen molar-refractivity contribution in [2.75, 3.05) is 44.4 Å². The molecule has 1 atom stereocenters. The van der Waals surface area contributed by atoms with Crippen LogP contribution in [-0.2, 0) is 9.53 Å². The van der Waals surface area contributed by atoms with Gasteiger partial charge in [0.25, 0.3) is 0 Å². The summed E-state index contributed by atoms with van der Waals surface area (Å²) in [5, 5.41) is 0. The molecular weight excluding hydrogens is 394 g/mol. The second kappa shape index (κ2) is 8.75. The summed E-state index contributed by atoms with van der Waals surface area (Å²) in [6.07, 6.45) is 4.37. The number of fused-ring (bicyclic) bond motifs is 1. The molecule has 2 fully saturated rings. The Hall–Kier alpha value is -2.80. The topological polar surface area (TPSA) is 64.1 Å². The highest BCUT2D eigenvalue weighted by Crippen LogP contribution is 2.39. The van der Waals surface area contributed by atoms with E-state index in [9.17, 15) is 4.79 Å². The molecule has 3 aliphatic heterocycles. The van der Waals surface area contributed by atoms with Crippen LogP contribution in [0.15, 0.2) is 36.5 Å². The molecule has 1 amide bonds. The maximum absolute atomic E-state index is 12.8. The number of pyridine rings is 1. The molecule has 1 aromatic heterocycles. The van der Waals surface area contributed by atoms with E-state index < -0.39 is 0 Å². The molecule has 3 aliphatic rings. The van der Waals surface area contributed by atoms with Crippen molar-refractivity contribution >= 4 is 17.3 Å². The highest BCUT2D eigenvalue weighted by atomic mass is 16.5. The average Bonchev–Trinajstić information content (AvgIpc) is 3.27. The summed E-state index contributed by atoms with van der Waals surface area (Å²) in [6.45, 7) is 6.20. The summed E-state index contributed by atoms with van der Waals surface area (Å²) in [5.41, 5.74) is 3.09. The number of benzene rings is 1. The van der Waals surface area contributed by atoms with Crippen molar-refractivity contribution in [2.45, 2.75) is 32.3 Å². The van der Waals surface area contributed by atoms with Gasteiger partial charge < -0.3 is 24.0 Å². The van der Waals surface area contributed by atoms with E-state index in [2.05, 4.69) is 16.0 Å². The van der Waals surface area contributed by atoms with Crippen molar-refractivity contribution in [1.29, 1.82) is 0 Å². The number of hydrogen-bond acceptors (Lipinski definition) is 6. The van der Waals surface area contributed by atoms with E-state index in [1.807, 2.05) is 42.3 Å². The van der Waals surface area contributed by atoms with Crippen LogP contribution in [-0.4, -0.2) is 61.3 Å². The van der Waals surface area contributed by atoms with Crippen LogP contribution in [0.1, 0.15) is 25.0 Å². The molecule has 0 saturated carbocycles. The number of hydrogen-bond donors (Lipinski definition) is 0. The number of likely N-dealkylation sites (tertiary alicyclic amines) is 1. The Balaban J connectivity index is 1.28. The minimum Gasteiger partial charge on any atom is -0.490 e. The maximum Gasteiger partial charge on any atom is 0.225 e. The summed E-state index contributed by atoms with van der Waals surface area (Å²) in [7, 11) is 0. The number of rotatable bonds is 4. The molecule has 0 aliphatic carbocycles. The second-order valence-electron chi connectivity index (χ2n) is 8.48. The number of ether oxygens (including phenoxy) is 3. The van der Waals surface area contributed by atoms with Crippen LogP contribution in [0.4, 0.5) is 11.4 Å². The van der Waals surface area contributed by atoms with E-state index in [1.54, 1.807) is 0 Å². The number of amides is 1. The standard InChI is InChI=1S/C24H29N3O4/c1-17-14-19(4-8-25-17)27-10-13-30-23-3-2-20(15-22(23)27)31-21-5-9-26(16-21)24(28)18-6-11-29-12-7-18/h2-4,8,14-15,18,21H,5-7,9-13,16H2,1H3/t21-/m0/s1. The van der Waals surface area contributed by atoms with Crippen molar-refractivity contribution in [3.63, 3.8) is 0 Å². The molecule has 0 bridgehead atoms. The molecular formula is C24H29N3O4. The van der Waals surface area contributed by atoms with Gasteiger partial charge in [0, 0.05) is 55.7 Å². The molecule has 0 radical (unpaired) electrons. The number of carbonyl (C=O) groups is 1. The van der Waals surface area contributed by atoms with Gasteiger partial charge in [0.15, 0.2) is 0 Å². The number of aryl methyl sites for hydroxylation is 1. The van der Waals surface area contributed by atoms with Crippen molar-refractivity contribution in [3.05, 3.63) is 42.2 Å². The number of nitrogens with zero attached hydrogens (tertiary/aromatic N) is 3. The molecule has 1 aromatic carbocycles. The molecule has 2 aromatic rings. The Morgan fingerprint density at radius 3 is 2.81 bits per heavy atom. The molecule has 31 heavy (non-hydrogen) atoms. The van der Waals surface area contributed by atoms with Crippen molar-refractivity contribution < 1.29 is 19.0 Å². The molecule has 0 unspecified atom stereocenters. The van der Waals surface area contributed by atoms with Crippen LogP contribution in [0, 0.1) is 12.8 Å². The Morgan fingerprint density at radius 1 is 1.10 bits per heavy atom. The largest absolute Gasteiger partial charge is 0.490 e. The van der Waals surface area contributed by atoms with E-state index >= 15 is 0 Å². The molecule has 5 rings (SSSR count). The lowest BCUT2D eigenvalue weighted by molar-refractivity contribution is -0.137. The predicted molar refractivity (Wildman–Crippen MR) is 117 cm³/mol. The minimum atomic E-state index is 0.0166. The fourth-order valence-corrected chi connectivity index (χ4v) is 4.66. The van der Waals surface area contributed by atoms with E-state index in [0.717, 1.165) is 60.9 Å². The van der Waals surface area contributed by atoms with Crippen molar-refractivity contribution in [2.24, 2.45) is 5.92 Å². The van der Waals surface area contributed by atoms with Crippen LogP contribution < -0.4 is 14.4 Å². The van der Waals surface area contributed by atoms with Crippen LogP contribution in [0.25, 0.3) is 0 Å². The summed E-state index contributed by atoms with van der Waals surface area (Å²) < 4.78 is 17.6. The summed E-state index contributed by atoms with van der Waals surface area (Å²) >= 11 is 0. The quantitative estimate of drug-likeness (QED) is 0.752. The van der Waals surface area contributed by atoms with E-state index in [1.165, 1.54) is 0 Å². The Labute approximate surface area is 182 Å². The zero-order chi connectivity index (χ0) is 21.2. The van der Waals surface area contributed by atoms with Gasteiger partial charge in [-0.1, -0.05) is 0 Å². The Morgan fingerprint density at radius 2 is 1.97 bits per heavy atom. The van der Waals surface area contributed by atoms with Gasteiger partial charge in [-0.25, -0.2) is 0 Å². The van der Waals surface area contributed by atoms with Crippen molar-refractivity contribution in [1.82, 2.24) is 9.88 Å². The molecule has 4 heterocycles. The van der Waals surface area contributed by atoms with Gasteiger partial charge in [-0.05, 0) is 44.0 Å². The van der Waals surface area contributed by atoms with E-state index in [-0.39, 0.29) is 17.9 Å². The molecule has 7 nitrogen and oxygen atoms in total. The monoisotopic (exact) mass is 423 g/mol. The third-order valence-corrected chi connectivity index (χ3v) is 6.32. The van der Waals surface area contributed by atoms with Crippen LogP contribution >= 0.6 is 0 Å². The normalized spacial score (nSPS) is 21.5. The lowest BCUT2D eigenvalue weighted by Gasteiger charge is -2.32. The third-order valence-electron chi connectivity index (χ3n) is 6.32. The second-order valence-corrected chi connectivity index (χ2v) is 8.48. The SMILES string of the molecule is Cc1cc(N2CCOc3ccc(O[C@H]4CCN(C(=O)C5CCOCC5)C4)cc32)ccn1. The van der Waals surface area contributed by atoms with Crippen LogP contribution in [0.3, 0.4) is 0 Å². The first-order valence-electron chi connectivity index (χ1n) is 11.2. The predicted octanol–water partition coefficient (Wildman–Crippen LogP) is 3.33. The van der Waals surface area contributed by atoms with Gasteiger partial charge in [0.2, 0.25) is 5.91 Å². The fraction of sp³-hybridized carbons (Fsp3) is 0.500. The molecule has 7 heteroatoms. The first-order chi connectivity index (χ1) is 15.2. The van der Waals surface area contributed by atoms with Gasteiger partial charge in [0.05, 0.1) is 18.8 Å². The third kappa shape index (κ3) is 4.32. The average molecular weight is 424 g/mol. The zero-order valence-electron chi connectivity index (χ0n) is 18.0. The highest BCUT2D eigenvalue weighted by molar-refractivity contribution is 5.79.